The first kappa shape index (κ1) is 13.7. The van der Waals surface area contributed by atoms with E-state index in [1.807, 2.05) is 0 Å². The lowest BCUT2D eigenvalue weighted by Crippen LogP contribution is -2.21. The van der Waals surface area contributed by atoms with Gasteiger partial charge in [0.15, 0.2) is 0 Å². The third kappa shape index (κ3) is 4.13. The van der Waals surface area contributed by atoms with E-state index in [-0.39, 0.29) is 0 Å². The van der Waals surface area contributed by atoms with E-state index in [9.17, 15) is 18.0 Å². The largest absolute Gasteiger partial charge is 0.492 e. The van der Waals surface area contributed by atoms with Crippen molar-refractivity contribution < 1.29 is 22.7 Å². The molecule has 0 aromatic heterocycles. The summed E-state index contributed by atoms with van der Waals surface area (Å²) in [6.07, 6.45) is -5.99. The molecule has 1 amide bonds. The highest BCUT2D eigenvalue weighted by Crippen LogP contribution is 2.25. The number of amides is 1. The molecular formula is C12H13F3N2O2. The van der Waals surface area contributed by atoms with Gasteiger partial charge in [0.1, 0.15) is 18.8 Å². The summed E-state index contributed by atoms with van der Waals surface area (Å²) in [6, 6.07) is 4.78. The molecule has 104 valence electrons. The van der Waals surface area contributed by atoms with E-state index in [1.165, 1.54) is 6.07 Å². The molecule has 1 aromatic carbocycles. The summed E-state index contributed by atoms with van der Waals surface area (Å²) in [5.74, 6) is -0.395. The van der Waals surface area contributed by atoms with E-state index < -0.39 is 18.5 Å². The van der Waals surface area contributed by atoms with Gasteiger partial charge in [-0.25, -0.2) is 0 Å². The van der Waals surface area contributed by atoms with Crippen LogP contribution in [-0.2, 0) is 11.3 Å². The molecule has 0 saturated heterocycles. The second-order valence-electron chi connectivity index (χ2n) is 4.19. The first-order chi connectivity index (χ1) is 8.94. The molecule has 2 N–H and O–H groups in total. The number of alkyl halides is 3. The Morgan fingerprint density at radius 2 is 2.21 bits per heavy atom. The zero-order chi connectivity index (χ0) is 13.9. The highest BCUT2D eigenvalue weighted by molar-refractivity contribution is 5.91. The van der Waals surface area contributed by atoms with Crippen molar-refractivity contribution >= 4 is 11.6 Å². The van der Waals surface area contributed by atoms with Gasteiger partial charge in [-0.05, 0) is 18.2 Å². The maximum absolute atomic E-state index is 12.0. The van der Waals surface area contributed by atoms with Crippen LogP contribution in [0.25, 0.3) is 0 Å². The minimum atomic E-state index is -4.50. The fourth-order valence-corrected chi connectivity index (χ4v) is 1.78. The van der Waals surface area contributed by atoms with E-state index in [0.29, 0.717) is 31.1 Å². The Bertz CT molecular complexity index is 475. The number of rotatable bonds is 2. The minimum Gasteiger partial charge on any atom is -0.492 e. The zero-order valence-corrected chi connectivity index (χ0v) is 10.0. The van der Waals surface area contributed by atoms with Crippen molar-refractivity contribution in [1.82, 2.24) is 5.32 Å². The molecule has 1 heterocycles. The van der Waals surface area contributed by atoms with E-state index in [0.717, 1.165) is 5.56 Å². The van der Waals surface area contributed by atoms with Gasteiger partial charge < -0.3 is 15.4 Å². The highest BCUT2D eigenvalue weighted by atomic mass is 19.4. The van der Waals surface area contributed by atoms with Crippen LogP contribution in [0.5, 0.6) is 5.75 Å². The molecule has 4 nitrogen and oxygen atoms in total. The monoisotopic (exact) mass is 274 g/mol. The predicted molar refractivity (Wildman–Crippen MR) is 62.9 cm³/mol. The smallest absolute Gasteiger partial charge is 0.397 e. The number of nitrogens with one attached hydrogen (secondary N) is 2. The van der Waals surface area contributed by atoms with Gasteiger partial charge >= 0.3 is 6.18 Å². The average molecular weight is 274 g/mol. The zero-order valence-electron chi connectivity index (χ0n) is 10.0. The van der Waals surface area contributed by atoms with E-state index in [1.54, 1.807) is 12.1 Å². The van der Waals surface area contributed by atoms with Gasteiger partial charge in [0.25, 0.3) is 0 Å². The first-order valence-corrected chi connectivity index (χ1v) is 5.77. The van der Waals surface area contributed by atoms with Gasteiger partial charge in [0.2, 0.25) is 5.91 Å². The lowest BCUT2D eigenvalue weighted by molar-refractivity contribution is -0.150. The number of hydrogen-bond donors (Lipinski definition) is 2. The van der Waals surface area contributed by atoms with Crippen LogP contribution in [0.15, 0.2) is 18.2 Å². The highest BCUT2D eigenvalue weighted by Gasteiger charge is 2.31. The van der Waals surface area contributed by atoms with Gasteiger partial charge in [-0.2, -0.15) is 13.2 Å². The van der Waals surface area contributed by atoms with Crippen molar-refractivity contribution in [1.29, 1.82) is 0 Å². The predicted octanol–water partition coefficient (Wildman–Crippen LogP) is 2.06. The molecule has 0 aliphatic carbocycles. The van der Waals surface area contributed by atoms with Crippen molar-refractivity contribution in [2.75, 3.05) is 18.5 Å². The fraction of sp³-hybridized carbons (Fsp3) is 0.417. The van der Waals surface area contributed by atoms with Crippen LogP contribution < -0.4 is 15.4 Å². The SMILES string of the molecule is O=C(CC(F)(F)F)Nc1ccc2c(c1)CNCCO2. The van der Waals surface area contributed by atoms with Gasteiger partial charge in [-0.1, -0.05) is 0 Å². The van der Waals surface area contributed by atoms with Crippen molar-refractivity contribution in [2.45, 2.75) is 19.1 Å². The van der Waals surface area contributed by atoms with Crippen molar-refractivity contribution in [3.63, 3.8) is 0 Å². The van der Waals surface area contributed by atoms with Crippen molar-refractivity contribution in [3.8, 4) is 5.75 Å². The van der Waals surface area contributed by atoms with Gasteiger partial charge in [-0.3, -0.25) is 4.79 Å². The van der Waals surface area contributed by atoms with E-state index in [2.05, 4.69) is 10.6 Å². The molecule has 1 aliphatic rings. The van der Waals surface area contributed by atoms with Crippen LogP contribution >= 0.6 is 0 Å². The van der Waals surface area contributed by atoms with Crippen LogP contribution in [0.4, 0.5) is 18.9 Å². The Morgan fingerprint density at radius 3 is 2.95 bits per heavy atom. The molecule has 0 saturated carbocycles. The minimum absolute atomic E-state index is 0.334. The number of hydrogen-bond acceptors (Lipinski definition) is 3. The number of anilines is 1. The summed E-state index contributed by atoms with van der Waals surface area (Å²) in [5, 5.41) is 5.33. The third-order valence-electron chi connectivity index (χ3n) is 2.56. The Morgan fingerprint density at radius 1 is 1.42 bits per heavy atom. The normalized spacial score (nSPS) is 15.1. The van der Waals surface area contributed by atoms with Gasteiger partial charge in [0, 0.05) is 24.3 Å². The summed E-state index contributed by atoms with van der Waals surface area (Å²) in [7, 11) is 0. The molecule has 0 atom stereocenters. The van der Waals surface area contributed by atoms with Crippen molar-refractivity contribution in [2.24, 2.45) is 0 Å². The second kappa shape index (κ2) is 5.48. The van der Waals surface area contributed by atoms with Crippen LogP contribution in [0.2, 0.25) is 0 Å². The van der Waals surface area contributed by atoms with Crippen LogP contribution in [-0.4, -0.2) is 25.2 Å². The van der Waals surface area contributed by atoms with Crippen LogP contribution in [0.3, 0.4) is 0 Å². The molecule has 7 heteroatoms. The van der Waals surface area contributed by atoms with Crippen LogP contribution in [0.1, 0.15) is 12.0 Å². The molecule has 0 radical (unpaired) electrons. The Hall–Kier alpha value is -1.76. The Balaban J connectivity index is 2.05. The van der Waals surface area contributed by atoms with E-state index >= 15 is 0 Å². The molecular weight excluding hydrogens is 261 g/mol. The summed E-state index contributed by atoms with van der Waals surface area (Å²) in [5.41, 5.74) is 1.14. The summed E-state index contributed by atoms with van der Waals surface area (Å²) in [4.78, 5) is 11.2. The number of fused-ring (bicyclic) bond motifs is 1. The molecule has 0 unspecified atom stereocenters. The number of ether oxygens (including phenoxy) is 1. The molecule has 0 fully saturated rings. The van der Waals surface area contributed by atoms with Crippen molar-refractivity contribution in [3.05, 3.63) is 23.8 Å². The second-order valence-corrected chi connectivity index (χ2v) is 4.19. The topological polar surface area (TPSA) is 50.4 Å². The molecule has 0 spiro atoms. The molecule has 19 heavy (non-hydrogen) atoms. The maximum atomic E-state index is 12.0. The van der Waals surface area contributed by atoms with Gasteiger partial charge in [-0.15, -0.1) is 0 Å². The maximum Gasteiger partial charge on any atom is 0.397 e. The summed E-state index contributed by atoms with van der Waals surface area (Å²) in [6.45, 7) is 1.79. The van der Waals surface area contributed by atoms with Crippen LogP contribution in [0, 0.1) is 0 Å². The fourth-order valence-electron chi connectivity index (χ4n) is 1.78. The number of benzene rings is 1. The Labute approximate surface area is 107 Å². The lowest BCUT2D eigenvalue weighted by Gasteiger charge is -2.11. The molecule has 2 rings (SSSR count). The number of carbonyl (C=O) groups is 1. The van der Waals surface area contributed by atoms with E-state index in [4.69, 9.17) is 4.74 Å². The molecule has 1 aromatic rings. The molecule has 1 aliphatic heterocycles. The lowest BCUT2D eigenvalue weighted by atomic mass is 10.1. The Kier molecular flexibility index (Phi) is 3.94. The quantitative estimate of drug-likeness (QED) is 0.868. The average Bonchev–Trinajstić information content (AvgIpc) is 2.50. The third-order valence-corrected chi connectivity index (χ3v) is 2.56. The molecule has 0 bridgehead atoms. The standard InChI is InChI=1S/C12H13F3N2O2/c13-12(14,15)6-11(18)17-9-1-2-10-8(5-9)7-16-3-4-19-10/h1-2,5,16H,3-4,6-7H2,(H,17,18). The number of halogens is 3. The summed E-state index contributed by atoms with van der Waals surface area (Å²) >= 11 is 0. The first-order valence-electron chi connectivity index (χ1n) is 5.77. The van der Waals surface area contributed by atoms with Gasteiger partial charge in [0.05, 0.1) is 0 Å². The summed E-state index contributed by atoms with van der Waals surface area (Å²) < 4.78 is 41.6. The number of carbonyl (C=O) groups excluding carboxylic acids is 1.